The molecule has 0 atom stereocenters. The van der Waals surface area contributed by atoms with Gasteiger partial charge in [-0.1, -0.05) is 18.2 Å². The molecule has 2 nitrogen and oxygen atoms in total. The van der Waals surface area contributed by atoms with E-state index in [1.165, 1.54) is 0 Å². The summed E-state index contributed by atoms with van der Waals surface area (Å²) in [7, 11) is 0. The average molecular weight is 214 g/mol. The van der Waals surface area contributed by atoms with Crippen molar-refractivity contribution in [2.24, 2.45) is 0 Å². The average Bonchev–Trinajstić information content (AvgIpc) is 2.23. The van der Waals surface area contributed by atoms with Crippen molar-refractivity contribution in [3.8, 4) is 22.6 Å². The molecule has 0 aliphatic rings. The highest BCUT2D eigenvalue weighted by molar-refractivity contribution is 5.73. The fraction of sp³-hybridized carbons (Fsp3) is 0.143. The molecular formula is C14H14O2. The van der Waals surface area contributed by atoms with Crippen LogP contribution in [-0.2, 0) is 0 Å². The van der Waals surface area contributed by atoms with Gasteiger partial charge in [-0.05, 0) is 48.7 Å². The Hall–Kier alpha value is -1.96. The van der Waals surface area contributed by atoms with E-state index in [-0.39, 0.29) is 11.5 Å². The fourth-order valence-electron chi connectivity index (χ4n) is 1.85. The first-order chi connectivity index (χ1) is 7.58. The summed E-state index contributed by atoms with van der Waals surface area (Å²) in [5.74, 6) is 0.479. The fourth-order valence-corrected chi connectivity index (χ4v) is 1.85. The number of aromatic hydroxyl groups is 2. The predicted molar refractivity (Wildman–Crippen MR) is 64.7 cm³/mol. The largest absolute Gasteiger partial charge is 0.508 e. The minimum absolute atomic E-state index is 0.205. The standard InChI is InChI=1S/C14H14O2/c1-9-6-10(2)14(16)13(7-9)11-4-3-5-12(15)8-11/h3-8,15-16H,1-2H3. The lowest BCUT2D eigenvalue weighted by atomic mass is 9.99. The van der Waals surface area contributed by atoms with E-state index < -0.39 is 0 Å². The van der Waals surface area contributed by atoms with Crippen molar-refractivity contribution in [3.63, 3.8) is 0 Å². The van der Waals surface area contributed by atoms with Crippen LogP contribution >= 0.6 is 0 Å². The number of aryl methyl sites for hydroxylation is 2. The van der Waals surface area contributed by atoms with Crippen molar-refractivity contribution in [1.29, 1.82) is 0 Å². The predicted octanol–water partition coefficient (Wildman–Crippen LogP) is 3.38. The zero-order valence-corrected chi connectivity index (χ0v) is 9.36. The van der Waals surface area contributed by atoms with Gasteiger partial charge >= 0.3 is 0 Å². The molecule has 82 valence electrons. The Bertz CT molecular complexity index is 530. The van der Waals surface area contributed by atoms with Crippen LogP contribution in [0.4, 0.5) is 0 Å². The van der Waals surface area contributed by atoms with Gasteiger partial charge in [0.1, 0.15) is 11.5 Å². The minimum atomic E-state index is 0.205. The molecule has 16 heavy (non-hydrogen) atoms. The normalized spacial score (nSPS) is 10.4. The Balaban J connectivity index is 2.64. The summed E-state index contributed by atoms with van der Waals surface area (Å²) in [6, 6.07) is 10.7. The number of hydrogen-bond acceptors (Lipinski definition) is 2. The van der Waals surface area contributed by atoms with Gasteiger partial charge in [-0.25, -0.2) is 0 Å². The molecule has 0 spiro atoms. The molecule has 2 heteroatoms. The highest BCUT2D eigenvalue weighted by Gasteiger charge is 2.08. The van der Waals surface area contributed by atoms with Crippen LogP contribution in [0.5, 0.6) is 11.5 Å². The summed E-state index contributed by atoms with van der Waals surface area (Å²) in [5, 5.41) is 19.4. The van der Waals surface area contributed by atoms with E-state index in [4.69, 9.17) is 0 Å². The van der Waals surface area contributed by atoms with Crippen LogP contribution in [-0.4, -0.2) is 10.2 Å². The first-order valence-electron chi connectivity index (χ1n) is 5.17. The molecule has 0 radical (unpaired) electrons. The van der Waals surface area contributed by atoms with Crippen LogP contribution < -0.4 is 0 Å². The van der Waals surface area contributed by atoms with Gasteiger partial charge in [-0.2, -0.15) is 0 Å². The van der Waals surface area contributed by atoms with E-state index in [0.29, 0.717) is 0 Å². The highest BCUT2D eigenvalue weighted by atomic mass is 16.3. The van der Waals surface area contributed by atoms with Crippen LogP contribution in [0.15, 0.2) is 36.4 Å². The molecule has 0 aromatic heterocycles. The monoisotopic (exact) mass is 214 g/mol. The minimum Gasteiger partial charge on any atom is -0.508 e. The van der Waals surface area contributed by atoms with Gasteiger partial charge in [-0.3, -0.25) is 0 Å². The lowest BCUT2D eigenvalue weighted by Crippen LogP contribution is -1.85. The molecule has 0 aliphatic carbocycles. The molecule has 0 heterocycles. The van der Waals surface area contributed by atoms with Gasteiger partial charge in [0.2, 0.25) is 0 Å². The maximum atomic E-state index is 9.98. The van der Waals surface area contributed by atoms with Gasteiger partial charge < -0.3 is 10.2 Å². The lowest BCUT2D eigenvalue weighted by Gasteiger charge is -2.09. The van der Waals surface area contributed by atoms with Crippen LogP contribution in [0.3, 0.4) is 0 Å². The Morgan fingerprint density at radius 3 is 2.38 bits per heavy atom. The highest BCUT2D eigenvalue weighted by Crippen LogP contribution is 2.34. The maximum Gasteiger partial charge on any atom is 0.126 e. The maximum absolute atomic E-state index is 9.98. The zero-order valence-electron chi connectivity index (χ0n) is 9.36. The van der Waals surface area contributed by atoms with Crippen molar-refractivity contribution in [2.75, 3.05) is 0 Å². The molecule has 0 amide bonds. The molecule has 0 saturated heterocycles. The molecule has 2 aromatic rings. The number of hydrogen-bond donors (Lipinski definition) is 2. The summed E-state index contributed by atoms with van der Waals surface area (Å²) in [4.78, 5) is 0. The van der Waals surface area contributed by atoms with E-state index in [1.54, 1.807) is 18.2 Å². The van der Waals surface area contributed by atoms with E-state index in [2.05, 4.69) is 0 Å². The Labute approximate surface area is 94.8 Å². The van der Waals surface area contributed by atoms with Crippen molar-refractivity contribution in [3.05, 3.63) is 47.5 Å². The summed E-state index contributed by atoms with van der Waals surface area (Å²) < 4.78 is 0. The third kappa shape index (κ3) is 1.87. The second-order valence-corrected chi connectivity index (χ2v) is 4.03. The van der Waals surface area contributed by atoms with E-state index in [1.807, 2.05) is 32.0 Å². The summed E-state index contributed by atoms with van der Waals surface area (Å²) in [6.45, 7) is 3.85. The molecule has 2 N–H and O–H groups in total. The van der Waals surface area contributed by atoms with Crippen molar-refractivity contribution >= 4 is 0 Å². The topological polar surface area (TPSA) is 40.5 Å². The smallest absolute Gasteiger partial charge is 0.126 e. The van der Waals surface area contributed by atoms with Gasteiger partial charge in [0.25, 0.3) is 0 Å². The third-order valence-electron chi connectivity index (χ3n) is 2.60. The van der Waals surface area contributed by atoms with E-state index >= 15 is 0 Å². The van der Waals surface area contributed by atoms with Gasteiger partial charge in [-0.15, -0.1) is 0 Å². The summed E-state index contributed by atoms with van der Waals surface area (Å²) >= 11 is 0. The molecule has 0 unspecified atom stereocenters. The molecular weight excluding hydrogens is 200 g/mol. The second-order valence-electron chi connectivity index (χ2n) is 4.03. The number of benzene rings is 2. The first kappa shape index (κ1) is 10.6. The summed E-state index contributed by atoms with van der Waals surface area (Å²) in [5.41, 5.74) is 3.52. The molecule has 0 bridgehead atoms. The number of phenols is 2. The van der Waals surface area contributed by atoms with Crippen molar-refractivity contribution in [2.45, 2.75) is 13.8 Å². The molecule has 2 rings (SSSR count). The quantitative estimate of drug-likeness (QED) is 0.764. The Morgan fingerprint density at radius 1 is 0.938 bits per heavy atom. The zero-order chi connectivity index (χ0) is 11.7. The first-order valence-corrected chi connectivity index (χ1v) is 5.17. The lowest BCUT2D eigenvalue weighted by molar-refractivity contribution is 0.472. The van der Waals surface area contributed by atoms with Crippen LogP contribution in [0.2, 0.25) is 0 Å². The van der Waals surface area contributed by atoms with Gasteiger partial charge in [0, 0.05) is 5.56 Å². The SMILES string of the molecule is Cc1cc(C)c(O)c(-c2cccc(O)c2)c1. The van der Waals surface area contributed by atoms with Crippen LogP contribution in [0.1, 0.15) is 11.1 Å². The number of rotatable bonds is 1. The van der Waals surface area contributed by atoms with Gasteiger partial charge in [0.05, 0.1) is 0 Å². The number of phenolic OH excluding ortho intramolecular Hbond substituents is 2. The van der Waals surface area contributed by atoms with E-state index in [0.717, 1.165) is 22.3 Å². The second kappa shape index (κ2) is 3.89. The third-order valence-corrected chi connectivity index (χ3v) is 2.60. The molecule has 0 fully saturated rings. The Morgan fingerprint density at radius 2 is 1.69 bits per heavy atom. The van der Waals surface area contributed by atoms with Crippen LogP contribution in [0, 0.1) is 13.8 Å². The van der Waals surface area contributed by atoms with E-state index in [9.17, 15) is 10.2 Å². The summed E-state index contributed by atoms with van der Waals surface area (Å²) in [6.07, 6.45) is 0. The molecule has 0 saturated carbocycles. The molecule has 2 aromatic carbocycles. The van der Waals surface area contributed by atoms with Crippen LogP contribution in [0.25, 0.3) is 11.1 Å². The Kier molecular flexibility index (Phi) is 2.57. The van der Waals surface area contributed by atoms with Gasteiger partial charge in [0.15, 0.2) is 0 Å². The molecule has 0 aliphatic heterocycles. The van der Waals surface area contributed by atoms with Crippen molar-refractivity contribution in [1.82, 2.24) is 0 Å². The van der Waals surface area contributed by atoms with Crippen molar-refractivity contribution < 1.29 is 10.2 Å².